The minimum atomic E-state index is -4.98. The fourth-order valence-electron chi connectivity index (χ4n) is 5.10. The maximum atomic E-state index is 13.1. The van der Waals surface area contributed by atoms with Crippen molar-refractivity contribution < 1.29 is 35.9 Å². The Kier molecular flexibility index (Phi) is 8.65. The van der Waals surface area contributed by atoms with Gasteiger partial charge in [-0.2, -0.15) is 26.3 Å². The van der Waals surface area contributed by atoms with Gasteiger partial charge in [-0.1, -0.05) is 42.5 Å². The second kappa shape index (κ2) is 12.2. The predicted octanol–water partition coefficient (Wildman–Crippen LogP) is 6.34. The summed E-state index contributed by atoms with van der Waals surface area (Å²) in [6.07, 6.45) is -9.96. The van der Waals surface area contributed by atoms with Crippen molar-refractivity contribution in [2.45, 2.75) is 31.5 Å². The number of nitrogens with one attached hydrogen (secondary N) is 1. The molecule has 2 heterocycles. The number of likely N-dealkylation sites (tertiary alicyclic amines) is 1. The van der Waals surface area contributed by atoms with E-state index in [9.17, 15) is 31.1 Å². The summed E-state index contributed by atoms with van der Waals surface area (Å²) in [7, 11) is 0. The van der Waals surface area contributed by atoms with Crippen LogP contribution in [-0.2, 0) is 25.5 Å². The van der Waals surface area contributed by atoms with Gasteiger partial charge in [-0.15, -0.1) is 0 Å². The number of hydrogen-bond donors (Lipinski definition) is 1. The first-order valence-electron chi connectivity index (χ1n) is 13.5. The third kappa shape index (κ3) is 7.54. The van der Waals surface area contributed by atoms with Gasteiger partial charge in [-0.3, -0.25) is 9.80 Å². The zero-order valence-corrected chi connectivity index (χ0v) is 22.6. The molecule has 2 fully saturated rings. The smallest absolute Gasteiger partial charge is 0.416 e. The Morgan fingerprint density at radius 3 is 2.02 bits per heavy atom. The molecule has 42 heavy (non-hydrogen) atoms. The molecule has 0 aromatic heterocycles. The maximum Gasteiger partial charge on any atom is 0.416 e. The van der Waals surface area contributed by atoms with Gasteiger partial charge in [0.15, 0.2) is 0 Å². The molecule has 5 rings (SSSR count). The van der Waals surface area contributed by atoms with Gasteiger partial charge in [0.25, 0.3) is 0 Å². The number of alkyl halides is 6. The van der Waals surface area contributed by atoms with Crippen molar-refractivity contribution in [3.63, 3.8) is 0 Å². The highest BCUT2D eigenvalue weighted by Gasteiger charge is 2.39. The van der Waals surface area contributed by atoms with E-state index in [-0.39, 0.29) is 12.1 Å². The van der Waals surface area contributed by atoms with Crippen LogP contribution in [0.2, 0.25) is 0 Å². The topological polar surface area (TPSA) is 48.1 Å². The van der Waals surface area contributed by atoms with Crippen LogP contribution >= 0.6 is 0 Å². The van der Waals surface area contributed by atoms with E-state index < -0.39 is 35.2 Å². The highest BCUT2D eigenvalue weighted by molar-refractivity contribution is 5.90. The SMILES string of the molecule is O=C(Nc1cc(C(F)(F)F)cc(C(F)(F)F)c1)N1CC(N2CCN(Cc3cccc(OCc4ccccc4)c3)CC2)C1. The number of carbonyl (C=O) groups is 1. The van der Waals surface area contributed by atoms with Crippen LogP contribution in [0.1, 0.15) is 22.3 Å². The Morgan fingerprint density at radius 2 is 1.40 bits per heavy atom. The van der Waals surface area contributed by atoms with Crippen LogP contribution in [-0.4, -0.2) is 66.0 Å². The summed E-state index contributed by atoms with van der Waals surface area (Å²) in [5.41, 5.74) is -1.26. The fraction of sp³-hybridized carbons (Fsp3) is 0.367. The van der Waals surface area contributed by atoms with Crippen LogP contribution < -0.4 is 10.1 Å². The number of benzene rings is 3. The molecule has 3 aromatic carbocycles. The molecule has 1 N–H and O–H groups in total. The van der Waals surface area contributed by atoms with Gasteiger partial charge in [-0.05, 0) is 41.5 Å². The lowest BCUT2D eigenvalue weighted by molar-refractivity contribution is -0.143. The third-order valence-electron chi connectivity index (χ3n) is 7.46. The molecule has 3 aromatic rings. The normalized spacial score (nSPS) is 17.1. The zero-order valence-electron chi connectivity index (χ0n) is 22.6. The molecule has 0 bridgehead atoms. The van der Waals surface area contributed by atoms with Crippen molar-refractivity contribution in [3.8, 4) is 5.75 Å². The largest absolute Gasteiger partial charge is 0.489 e. The van der Waals surface area contributed by atoms with Crippen molar-refractivity contribution in [3.05, 3.63) is 95.1 Å². The lowest BCUT2D eigenvalue weighted by Gasteiger charge is -2.48. The van der Waals surface area contributed by atoms with Crippen molar-refractivity contribution in [1.82, 2.24) is 14.7 Å². The Morgan fingerprint density at radius 1 is 0.786 bits per heavy atom. The summed E-state index contributed by atoms with van der Waals surface area (Å²) in [4.78, 5) is 18.5. The number of piperazine rings is 1. The molecular formula is C30H30F6N4O2. The van der Waals surface area contributed by atoms with E-state index in [4.69, 9.17) is 4.74 Å². The Balaban J connectivity index is 1.08. The molecule has 2 amide bonds. The predicted molar refractivity (Wildman–Crippen MR) is 145 cm³/mol. The second-order valence-corrected chi connectivity index (χ2v) is 10.5. The number of urea groups is 1. The average Bonchev–Trinajstić information content (AvgIpc) is 2.92. The molecular weight excluding hydrogens is 562 g/mol. The molecule has 0 saturated carbocycles. The highest BCUT2D eigenvalue weighted by atomic mass is 19.4. The Labute approximate surface area is 239 Å². The summed E-state index contributed by atoms with van der Waals surface area (Å²) >= 11 is 0. The number of ether oxygens (including phenoxy) is 1. The van der Waals surface area contributed by atoms with E-state index in [0.29, 0.717) is 31.8 Å². The lowest BCUT2D eigenvalue weighted by atomic mass is 10.1. The first-order valence-corrected chi connectivity index (χ1v) is 13.5. The molecule has 2 aliphatic heterocycles. The first kappa shape index (κ1) is 29.7. The lowest BCUT2D eigenvalue weighted by Crippen LogP contribution is -2.64. The van der Waals surface area contributed by atoms with Crippen molar-refractivity contribution in [2.24, 2.45) is 0 Å². The number of carbonyl (C=O) groups excluding carboxylic acids is 1. The summed E-state index contributed by atoms with van der Waals surface area (Å²) in [6.45, 7) is 5.17. The minimum Gasteiger partial charge on any atom is -0.489 e. The van der Waals surface area contributed by atoms with Crippen LogP contribution in [0.4, 0.5) is 36.8 Å². The number of amides is 2. The van der Waals surface area contributed by atoms with Crippen molar-refractivity contribution >= 4 is 11.7 Å². The molecule has 0 atom stereocenters. The quantitative estimate of drug-likeness (QED) is 0.326. The summed E-state index contributed by atoms with van der Waals surface area (Å²) < 4.78 is 84.6. The Bertz CT molecular complexity index is 1340. The van der Waals surface area contributed by atoms with E-state index in [0.717, 1.165) is 49.6 Å². The zero-order chi connectivity index (χ0) is 29.9. The molecule has 2 aliphatic rings. The van der Waals surface area contributed by atoms with Crippen LogP contribution in [0.15, 0.2) is 72.8 Å². The summed E-state index contributed by atoms with van der Waals surface area (Å²) in [5.74, 6) is 0.808. The van der Waals surface area contributed by atoms with Gasteiger partial charge in [0.2, 0.25) is 0 Å². The Hall–Kier alpha value is -3.77. The van der Waals surface area contributed by atoms with Crippen molar-refractivity contribution in [2.75, 3.05) is 44.6 Å². The number of hydrogen-bond acceptors (Lipinski definition) is 4. The molecule has 6 nitrogen and oxygen atoms in total. The molecule has 2 saturated heterocycles. The third-order valence-corrected chi connectivity index (χ3v) is 7.46. The number of anilines is 1. The van der Waals surface area contributed by atoms with Gasteiger partial charge in [0.05, 0.1) is 11.1 Å². The van der Waals surface area contributed by atoms with Crippen LogP contribution in [0.3, 0.4) is 0 Å². The van der Waals surface area contributed by atoms with E-state index in [1.165, 1.54) is 4.90 Å². The number of rotatable bonds is 7. The molecule has 0 unspecified atom stereocenters. The molecule has 0 aliphatic carbocycles. The second-order valence-electron chi connectivity index (χ2n) is 10.5. The minimum absolute atomic E-state index is 0.0332. The number of halogens is 6. The van der Waals surface area contributed by atoms with E-state index in [1.54, 1.807) is 0 Å². The molecule has 0 spiro atoms. The van der Waals surface area contributed by atoms with Crippen molar-refractivity contribution in [1.29, 1.82) is 0 Å². The van der Waals surface area contributed by atoms with Crippen LogP contribution in [0.5, 0.6) is 5.75 Å². The van der Waals surface area contributed by atoms with E-state index in [2.05, 4.69) is 21.2 Å². The average molecular weight is 593 g/mol. The van der Waals surface area contributed by atoms with Gasteiger partial charge in [-0.25, -0.2) is 4.79 Å². The van der Waals surface area contributed by atoms with E-state index in [1.807, 2.05) is 48.5 Å². The number of nitrogens with zero attached hydrogens (tertiary/aromatic N) is 3. The van der Waals surface area contributed by atoms with Gasteiger partial charge < -0.3 is 15.0 Å². The van der Waals surface area contributed by atoms with Crippen LogP contribution in [0.25, 0.3) is 0 Å². The summed E-state index contributed by atoms with van der Waals surface area (Å²) in [5, 5.41) is 2.20. The monoisotopic (exact) mass is 592 g/mol. The highest BCUT2D eigenvalue weighted by Crippen LogP contribution is 2.37. The summed E-state index contributed by atoms with van der Waals surface area (Å²) in [6, 6.07) is 18.4. The molecule has 0 radical (unpaired) electrons. The van der Waals surface area contributed by atoms with Gasteiger partial charge >= 0.3 is 18.4 Å². The molecule has 12 heteroatoms. The van der Waals surface area contributed by atoms with Crippen LogP contribution in [0, 0.1) is 0 Å². The van der Waals surface area contributed by atoms with Gasteiger partial charge in [0.1, 0.15) is 12.4 Å². The first-order chi connectivity index (χ1) is 19.9. The maximum absolute atomic E-state index is 13.1. The van der Waals surface area contributed by atoms with E-state index >= 15 is 0 Å². The fourth-order valence-corrected chi connectivity index (χ4v) is 5.10. The standard InChI is InChI=1S/C30H30F6N4O2/c31-29(32,33)23-14-24(30(34,35)36)16-25(15-23)37-28(41)40-18-26(19-40)39-11-9-38(10-12-39)17-22-7-4-8-27(13-22)42-20-21-5-2-1-3-6-21/h1-8,13-16,26H,9-12,17-20H2,(H,37,41). The molecule has 224 valence electrons. The van der Waals surface area contributed by atoms with Gasteiger partial charge in [0, 0.05) is 57.5 Å².